The fraction of sp³-hybridized carbons (Fsp3) is 0.125. The van der Waals surface area contributed by atoms with Crippen LogP contribution in [0.25, 0.3) is 11.1 Å². The Balaban J connectivity index is 1.41. The number of amides is 2. The maximum absolute atomic E-state index is 12.4. The average Bonchev–Trinajstić information content (AvgIpc) is 3.10. The van der Waals surface area contributed by atoms with Crippen molar-refractivity contribution in [3.8, 4) is 11.1 Å². The van der Waals surface area contributed by atoms with Crippen LogP contribution in [0.2, 0.25) is 0 Å². The highest BCUT2D eigenvalue weighted by molar-refractivity contribution is 5.97. The van der Waals surface area contributed by atoms with Crippen LogP contribution >= 0.6 is 0 Å². The Hall–Kier alpha value is -4.13. The zero-order chi connectivity index (χ0) is 21.8. The lowest BCUT2D eigenvalue weighted by molar-refractivity contribution is -0.135. The van der Waals surface area contributed by atoms with Crippen molar-refractivity contribution in [2.75, 3.05) is 18.5 Å². The number of benzene rings is 3. The van der Waals surface area contributed by atoms with Gasteiger partial charge in [0.1, 0.15) is 13.2 Å². The predicted octanol–water partition coefficient (Wildman–Crippen LogP) is 3.86. The van der Waals surface area contributed by atoms with Gasteiger partial charge in [-0.3, -0.25) is 14.9 Å². The number of anilines is 1. The number of rotatable bonds is 6. The van der Waals surface area contributed by atoms with Crippen LogP contribution in [0, 0.1) is 0 Å². The van der Waals surface area contributed by atoms with Crippen LogP contribution in [0.1, 0.15) is 27.4 Å². The van der Waals surface area contributed by atoms with Gasteiger partial charge in [0.15, 0.2) is 0 Å². The number of aliphatic carboxylic acids is 1. The summed E-state index contributed by atoms with van der Waals surface area (Å²) in [5.41, 5.74) is 5.14. The zero-order valence-electron chi connectivity index (χ0n) is 16.5. The van der Waals surface area contributed by atoms with Gasteiger partial charge in [-0.05, 0) is 40.5 Å². The van der Waals surface area contributed by atoms with Crippen molar-refractivity contribution in [1.82, 2.24) is 5.32 Å². The second kappa shape index (κ2) is 8.71. The minimum atomic E-state index is -1.14. The summed E-state index contributed by atoms with van der Waals surface area (Å²) in [5, 5.41) is 13.6. The van der Waals surface area contributed by atoms with Crippen LogP contribution in [-0.2, 0) is 9.53 Å². The van der Waals surface area contributed by atoms with E-state index < -0.39 is 24.5 Å². The lowest BCUT2D eigenvalue weighted by atomic mass is 9.98. The molecule has 0 aromatic heterocycles. The van der Waals surface area contributed by atoms with Crippen LogP contribution in [0.15, 0.2) is 72.8 Å². The Kier molecular flexibility index (Phi) is 5.66. The molecule has 3 aromatic carbocycles. The van der Waals surface area contributed by atoms with Crippen molar-refractivity contribution in [3.05, 3.63) is 89.5 Å². The summed E-state index contributed by atoms with van der Waals surface area (Å²) in [5.74, 6) is -1.73. The highest BCUT2D eigenvalue weighted by Gasteiger charge is 2.29. The van der Waals surface area contributed by atoms with Crippen LogP contribution in [0.4, 0.5) is 10.5 Å². The third-order valence-electron chi connectivity index (χ3n) is 5.12. The molecule has 0 bridgehead atoms. The van der Waals surface area contributed by atoms with Gasteiger partial charge in [-0.1, -0.05) is 54.6 Å². The molecule has 2 amide bonds. The van der Waals surface area contributed by atoms with E-state index in [0.717, 1.165) is 22.3 Å². The Morgan fingerprint density at radius 1 is 0.871 bits per heavy atom. The number of fused-ring (bicyclic) bond motifs is 3. The third-order valence-corrected chi connectivity index (χ3v) is 5.12. The van der Waals surface area contributed by atoms with E-state index in [4.69, 9.17) is 9.84 Å². The Bertz CT molecular complexity index is 1110. The summed E-state index contributed by atoms with van der Waals surface area (Å²) in [6, 6.07) is 22.3. The second-order valence-electron chi connectivity index (χ2n) is 7.11. The molecule has 156 valence electrons. The molecule has 0 saturated heterocycles. The summed E-state index contributed by atoms with van der Waals surface area (Å²) in [6.45, 7) is -0.304. The molecule has 0 saturated carbocycles. The van der Waals surface area contributed by atoms with Gasteiger partial charge in [-0.15, -0.1) is 0 Å². The van der Waals surface area contributed by atoms with Crippen molar-refractivity contribution in [1.29, 1.82) is 0 Å². The largest absolute Gasteiger partial charge is 0.480 e. The predicted molar refractivity (Wildman–Crippen MR) is 115 cm³/mol. The Labute approximate surface area is 178 Å². The molecule has 0 atom stereocenters. The molecule has 0 heterocycles. The average molecular weight is 416 g/mol. The number of carboxylic acid groups (broad SMARTS) is 1. The summed E-state index contributed by atoms with van der Waals surface area (Å²) in [6.07, 6.45) is -0.634. The summed E-state index contributed by atoms with van der Waals surface area (Å²) in [7, 11) is 0. The molecule has 0 radical (unpaired) electrons. The molecule has 4 rings (SSSR count). The first-order valence-corrected chi connectivity index (χ1v) is 9.75. The molecule has 7 nitrogen and oxygen atoms in total. The van der Waals surface area contributed by atoms with Crippen LogP contribution < -0.4 is 10.6 Å². The highest BCUT2D eigenvalue weighted by Crippen LogP contribution is 2.44. The number of carbonyl (C=O) groups is 3. The number of ether oxygens (including phenoxy) is 1. The van der Waals surface area contributed by atoms with Crippen molar-refractivity contribution in [3.63, 3.8) is 0 Å². The molecular weight excluding hydrogens is 396 g/mol. The van der Waals surface area contributed by atoms with Crippen molar-refractivity contribution in [2.24, 2.45) is 0 Å². The second-order valence-corrected chi connectivity index (χ2v) is 7.11. The monoisotopic (exact) mass is 416 g/mol. The third kappa shape index (κ3) is 4.40. The van der Waals surface area contributed by atoms with Crippen LogP contribution in [-0.4, -0.2) is 36.2 Å². The molecule has 0 fully saturated rings. The normalized spacial score (nSPS) is 11.9. The minimum absolute atomic E-state index is 0.0497. The van der Waals surface area contributed by atoms with Gasteiger partial charge < -0.3 is 15.2 Å². The standard InChI is InChI=1S/C24H20N2O5/c27-22(28)13-25-23(29)15-6-5-7-16(12-15)26-24(30)31-14-21-19-10-3-1-8-17(19)18-9-2-4-11-20(18)21/h1-12,21H,13-14H2,(H,25,29)(H,26,30)(H,27,28). The molecule has 0 aliphatic heterocycles. The Morgan fingerprint density at radius 2 is 1.52 bits per heavy atom. The van der Waals surface area contributed by atoms with E-state index in [2.05, 4.69) is 22.8 Å². The molecule has 1 aliphatic rings. The van der Waals surface area contributed by atoms with Gasteiger partial charge in [0.2, 0.25) is 0 Å². The Morgan fingerprint density at radius 3 is 2.16 bits per heavy atom. The van der Waals surface area contributed by atoms with E-state index in [9.17, 15) is 14.4 Å². The van der Waals surface area contributed by atoms with E-state index in [1.54, 1.807) is 12.1 Å². The van der Waals surface area contributed by atoms with Crippen molar-refractivity contribution in [2.45, 2.75) is 5.92 Å². The van der Waals surface area contributed by atoms with Crippen molar-refractivity contribution >= 4 is 23.7 Å². The molecule has 3 aromatic rings. The molecule has 0 spiro atoms. The molecule has 0 unspecified atom stereocenters. The van der Waals surface area contributed by atoms with E-state index in [0.29, 0.717) is 5.69 Å². The first-order valence-electron chi connectivity index (χ1n) is 9.75. The zero-order valence-corrected chi connectivity index (χ0v) is 16.5. The maximum atomic E-state index is 12.4. The van der Waals surface area contributed by atoms with Crippen LogP contribution in [0.5, 0.6) is 0 Å². The van der Waals surface area contributed by atoms with Crippen LogP contribution in [0.3, 0.4) is 0 Å². The summed E-state index contributed by atoms with van der Waals surface area (Å²) in [4.78, 5) is 35.0. The topological polar surface area (TPSA) is 105 Å². The number of hydrogen-bond acceptors (Lipinski definition) is 4. The number of hydrogen-bond donors (Lipinski definition) is 3. The summed E-state index contributed by atoms with van der Waals surface area (Å²) < 4.78 is 5.49. The van der Waals surface area contributed by atoms with Gasteiger partial charge in [0.25, 0.3) is 5.91 Å². The molecule has 31 heavy (non-hydrogen) atoms. The van der Waals surface area contributed by atoms with Gasteiger partial charge in [0, 0.05) is 17.2 Å². The first-order chi connectivity index (χ1) is 15.0. The van der Waals surface area contributed by atoms with E-state index in [-0.39, 0.29) is 18.1 Å². The number of carboxylic acids is 1. The maximum Gasteiger partial charge on any atom is 0.411 e. The first kappa shape index (κ1) is 20.2. The lowest BCUT2D eigenvalue weighted by Crippen LogP contribution is -2.29. The molecule has 3 N–H and O–H groups in total. The highest BCUT2D eigenvalue weighted by atomic mass is 16.5. The minimum Gasteiger partial charge on any atom is -0.480 e. The molecule has 7 heteroatoms. The van der Waals surface area contributed by atoms with E-state index >= 15 is 0 Å². The van der Waals surface area contributed by atoms with Crippen molar-refractivity contribution < 1.29 is 24.2 Å². The smallest absolute Gasteiger partial charge is 0.411 e. The lowest BCUT2D eigenvalue weighted by Gasteiger charge is -2.15. The molecular formula is C24H20N2O5. The molecule has 1 aliphatic carbocycles. The summed E-state index contributed by atoms with van der Waals surface area (Å²) >= 11 is 0. The van der Waals surface area contributed by atoms with Gasteiger partial charge in [-0.25, -0.2) is 4.79 Å². The number of nitrogens with one attached hydrogen (secondary N) is 2. The van der Waals surface area contributed by atoms with E-state index in [1.165, 1.54) is 12.1 Å². The van der Waals surface area contributed by atoms with E-state index in [1.807, 2.05) is 36.4 Å². The van der Waals surface area contributed by atoms with Gasteiger partial charge in [-0.2, -0.15) is 0 Å². The quantitative estimate of drug-likeness (QED) is 0.566. The number of carbonyl (C=O) groups excluding carboxylic acids is 2. The fourth-order valence-corrected chi connectivity index (χ4v) is 3.75. The van der Waals surface area contributed by atoms with Gasteiger partial charge >= 0.3 is 12.1 Å². The SMILES string of the molecule is O=C(O)CNC(=O)c1cccc(NC(=O)OCC2c3ccccc3-c3ccccc32)c1. The van der Waals surface area contributed by atoms with Gasteiger partial charge in [0.05, 0.1) is 0 Å². The fourth-order valence-electron chi connectivity index (χ4n) is 3.75.